The van der Waals surface area contributed by atoms with Gasteiger partial charge in [0.25, 0.3) is 0 Å². The Balaban J connectivity index is 1.99. The van der Waals surface area contributed by atoms with Gasteiger partial charge in [0.05, 0.1) is 17.9 Å². The van der Waals surface area contributed by atoms with E-state index in [-0.39, 0.29) is 10.3 Å². The number of aromatic nitrogens is 3. The Hall–Kier alpha value is -1.45. The number of aryl methyl sites for hydroxylation is 2. The molecule has 9 heteroatoms. The normalized spacial score (nSPS) is 19.1. The zero-order valence-corrected chi connectivity index (χ0v) is 14.4. The van der Waals surface area contributed by atoms with E-state index in [4.69, 9.17) is 5.14 Å². The summed E-state index contributed by atoms with van der Waals surface area (Å²) in [6, 6.07) is 0.188. The van der Waals surface area contributed by atoms with Crippen molar-refractivity contribution in [2.24, 2.45) is 12.2 Å². The van der Waals surface area contributed by atoms with Gasteiger partial charge in [-0.1, -0.05) is 11.3 Å². The second kappa shape index (κ2) is 5.32. The third kappa shape index (κ3) is 2.53. The van der Waals surface area contributed by atoms with Crippen LogP contribution in [0.5, 0.6) is 0 Å². The highest BCUT2D eigenvalue weighted by Gasteiger charge is 2.32. The molecule has 7 nitrogen and oxygen atoms in total. The van der Waals surface area contributed by atoms with E-state index in [2.05, 4.69) is 21.9 Å². The molecule has 0 amide bonds. The monoisotopic (exact) mass is 341 g/mol. The molecule has 1 aliphatic heterocycles. The zero-order valence-electron chi connectivity index (χ0n) is 12.8. The Bertz CT molecular complexity index is 809. The highest BCUT2D eigenvalue weighted by atomic mass is 32.2. The molecule has 0 aromatic carbocycles. The maximum Gasteiger partial charge on any atom is 0.249 e. The van der Waals surface area contributed by atoms with Crippen LogP contribution in [0.2, 0.25) is 0 Å². The topological polar surface area (TPSA) is 94.1 Å². The fourth-order valence-corrected chi connectivity index (χ4v) is 4.70. The van der Waals surface area contributed by atoms with Crippen LogP contribution in [0.15, 0.2) is 10.4 Å². The number of anilines is 1. The van der Waals surface area contributed by atoms with Crippen LogP contribution in [0.1, 0.15) is 35.8 Å². The van der Waals surface area contributed by atoms with Crippen LogP contribution < -0.4 is 10.0 Å². The van der Waals surface area contributed by atoms with E-state index in [1.807, 2.05) is 18.7 Å². The Kier molecular flexibility index (Phi) is 3.74. The summed E-state index contributed by atoms with van der Waals surface area (Å²) in [5.74, 6) is 0. The maximum absolute atomic E-state index is 11.4. The first-order valence-electron chi connectivity index (χ1n) is 7.04. The van der Waals surface area contributed by atoms with Gasteiger partial charge < -0.3 is 4.90 Å². The number of nitrogens with two attached hydrogens (primary N) is 1. The Labute approximate surface area is 133 Å². The summed E-state index contributed by atoms with van der Waals surface area (Å²) in [6.07, 6.45) is 3.40. The molecule has 1 atom stereocenters. The van der Waals surface area contributed by atoms with Crippen molar-refractivity contribution in [1.82, 2.24) is 14.8 Å². The zero-order chi connectivity index (χ0) is 16.1. The summed E-state index contributed by atoms with van der Waals surface area (Å²) in [5.41, 5.74) is 3.37. The molecule has 1 fully saturated rings. The van der Waals surface area contributed by atoms with Gasteiger partial charge in [-0.2, -0.15) is 5.10 Å². The predicted molar refractivity (Wildman–Crippen MR) is 85.5 cm³/mol. The molecule has 0 aliphatic carbocycles. The molecule has 1 unspecified atom stereocenters. The summed E-state index contributed by atoms with van der Waals surface area (Å²) in [5, 5.41) is 10.4. The van der Waals surface area contributed by atoms with Crippen molar-refractivity contribution in [2.45, 2.75) is 36.9 Å². The second-order valence-electron chi connectivity index (χ2n) is 5.57. The van der Waals surface area contributed by atoms with Crippen LogP contribution in [0.25, 0.3) is 0 Å². The molecule has 1 aliphatic rings. The third-order valence-corrected chi connectivity index (χ3v) is 6.59. The molecule has 0 spiro atoms. The van der Waals surface area contributed by atoms with Gasteiger partial charge in [0, 0.05) is 24.8 Å². The average Bonchev–Trinajstić information content (AvgIpc) is 3.09. The van der Waals surface area contributed by atoms with Crippen molar-refractivity contribution >= 4 is 26.5 Å². The quantitative estimate of drug-likeness (QED) is 0.912. The molecule has 0 bridgehead atoms. The van der Waals surface area contributed by atoms with E-state index < -0.39 is 10.0 Å². The van der Waals surface area contributed by atoms with E-state index in [1.54, 1.807) is 0 Å². The van der Waals surface area contributed by atoms with Crippen LogP contribution >= 0.6 is 11.3 Å². The molecule has 0 radical (unpaired) electrons. The fraction of sp³-hybridized carbons (Fsp3) is 0.538. The van der Waals surface area contributed by atoms with Crippen LogP contribution in [0.3, 0.4) is 0 Å². The average molecular weight is 341 g/mol. The lowest BCUT2D eigenvalue weighted by molar-refractivity contribution is 0.599. The van der Waals surface area contributed by atoms with Crippen LogP contribution in [-0.2, 0) is 17.1 Å². The lowest BCUT2D eigenvalue weighted by Crippen LogP contribution is -2.23. The first kappa shape index (κ1) is 15.4. The van der Waals surface area contributed by atoms with Gasteiger partial charge in [-0.3, -0.25) is 4.68 Å². The molecule has 2 aromatic rings. The van der Waals surface area contributed by atoms with Crippen molar-refractivity contribution in [3.8, 4) is 0 Å². The SMILES string of the molecule is Cc1nn(C)c(C)c1C1CCCN1c1ncc(S(N)(=O)=O)s1. The van der Waals surface area contributed by atoms with E-state index >= 15 is 0 Å². The van der Waals surface area contributed by atoms with Crippen LogP contribution in [0, 0.1) is 13.8 Å². The minimum absolute atomic E-state index is 0.104. The van der Waals surface area contributed by atoms with Crippen molar-refractivity contribution in [3.05, 3.63) is 23.1 Å². The highest BCUT2D eigenvalue weighted by Crippen LogP contribution is 2.40. The molecule has 3 rings (SSSR count). The minimum Gasteiger partial charge on any atom is -0.341 e. The Morgan fingerprint density at radius 3 is 2.68 bits per heavy atom. The summed E-state index contributed by atoms with van der Waals surface area (Å²) >= 11 is 1.13. The van der Waals surface area contributed by atoms with Crippen LogP contribution in [-0.4, -0.2) is 29.7 Å². The first-order chi connectivity index (χ1) is 10.3. The molecular formula is C13H19N5O2S2. The number of sulfonamides is 1. The van der Waals surface area contributed by atoms with Gasteiger partial charge in [0.2, 0.25) is 10.0 Å². The number of primary sulfonamides is 1. The van der Waals surface area contributed by atoms with E-state index in [1.165, 1.54) is 11.8 Å². The van der Waals surface area contributed by atoms with Crippen molar-refractivity contribution in [1.29, 1.82) is 0 Å². The number of rotatable bonds is 3. The van der Waals surface area contributed by atoms with Gasteiger partial charge in [0.15, 0.2) is 9.34 Å². The lowest BCUT2D eigenvalue weighted by Gasteiger charge is -2.24. The number of thiazole rings is 1. The van der Waals surface area contributed by atoms with E-state index in [9.17, 15) is 8.42 Å². The first-order valence-corrected chi connectivity index (χ1v) is 9.40. The molecule has 0 saturated carbocycles. The molecule has 120 valence electrons. The largest absolute Gasteiger partial charge is 0.341 e. The Morgan fingerprint density at radius 1 is 1.41 bits per heavy atom. The number of hydrogen-bond donors (Lipinski definition) is 1. The molecule has 22 heavy (non-hydrogen) atoms. The third-order valence-electron chi connectivity index (χ3n) is 4.15. The summed E-state index contributed by atoms with van der Waals surface area (Å²) in [7, 11) is -1.75. The second-order valence-corrected chi connectivity index (χ2v) is 8.36. The lowest BCUT2D eigenvalue weighted by atomic mass is 10.0. The minimum atomic E-state index is -3.69. The molecule has 1 saturated heterocycles. The maximum atomic E-state index is 11.4. The van der Waals surface area contributed by atoms with E-state index in [0.29, 0.717) is 5.13 Å². The molecule has 3 heterocycles. The van der Waals surface area contributed by atoms with Crippen LogP contribution in [0.4, 0.5) is 5.13 Å². The number of nitrogens with zero attached hydrogens (tertiary/aromatic N) is 4. The number of hydrogen-bond acceptors (Lipinski definition) is 6. The van der Waals surface area contributed by atoms with Crippen molar-refractivity contribution in [3.63, 3.8) is 0 Å². The van der Waals surface area contributed by atoms with Gasteiger partial charge in [-0.05, 0) is 26.7 Å². The Morgan fingerprint density at radius 2 is 2.14 bits per heavy atom. The van der Waals surface area contributed by atoms with Gasteiger partial charge in [-0.15, -0.1) is 0 Å². The molecular weight excluding hydrogens is 322 g/mol. The van der Waals surface area contributed by atoms with E-state index in [0.717, 1.165) is 42.1 Å². The summed E-state index contributed by atoms with van der Waals surface area (Å²) in [4.78, 5) is 6.43. The van der Waals surface area contributed by atoms with Gasteiger partial charge >= 0.3 is 0 Å². The van der Waals surface area contributed by atoms with Crippen molar-refractivity contribution in [2.75, 3.05) is 11.4 Å². The summed E-state index contributed by atoms with van der Waals surface area (Å²) < 4.78 is 24.9. The predicted octanol–water partition coefficient (Wildman–Crippen LogP) is 1.48. The smallest absolute Gasteiger partial charge is 0.249 e. The van der Waals surface area contributed by atoms with Gasteiger partial charge in [0.1, 0.15) is 0 Å². The van der Waals surface area contributed by atoms with Crippen molar-refractivity contribution < 1.29 is 8.42 Å². The fourth-order valence-electron chi connectivity index (χ4n) is 3.08. The van der Waals surface area contributed by atoms with Gasteiger partial charge in [-0.25, -0.2) is 18.5 Å². The standard InChI is InChI=1S/C13H19N5O2S2/c1-8-12(9(2)17(3)16-8)10-5-4-6-18(10)13-15-7-11(21-13)22(14,19)20/h7,10H,4-6H2,1-3H3,(H2,14,19,20). The summed E-state index contributed by atoms with van der Waals surface area (Å²) in [6.45, 7) is 4.93. The molecule has 2 aromatic heterocycles. The highest BCUT2D eigenvalue weighted by molar-refractivity contribution is 7.91. The molecule has 2 N–H and O–H groups in total.